The Morgan fingerprint density at radius 3 is 2.31 bits per heavy atom. The van der Waals surface area contributed by atoms with E-state index in [1.807, 2.05) is 37.3 Å². The molecule has 0 saturated heterocycles. The fourth-order valence-corrected chi connectivity index (χ4v) is 3.49. The van der Waals surface area contributed by atoms with Crippen LogP contribution in [0.15, 0.2) is 60.7 Å². The Morgan fingerprint density at radius 1 is 1.03 bits per heavy atom. The number of methoxy groups -OCH3 is 2. The summed E-state index contributed by atoms with van der Waals surface area (Å²) in [6.07, 6.45) is -0.468. The Morgan fingerprint density at radius 2 is 1.72 bits per heavy atom. The van der Waals surface area contributed by atoms with Crippen LogP contribution < -0.4 is 9.47 Å². The minimum atomic E-state index is -0.468. The van der Waals surface area contributed by atoms with E-state index in [1.54, 1.807) is 37.3 Å². The standard InChI is InChI=1S/C26H27FNO4/c1-5-28(26(29)32-17-19-11-13-21(27)14-12-19)16-22-18(2)15-23(30-3)25(31-4)24(22)20-9-7-6-8-10-20/h6-15H,2,5,16-17H2,1,3-4H3. The van der Waals surface area contributed by atoms with Crippen LogP contribution in [0.3, 0.4) is 0 Å². The number of benzene rings is 3. The number of amides is 1. The highest BCUT2D eigenvalue weighted by molar-refractivity contribution is 5.79. The monoisotopic (exact) mass is 436 g/mol. The predicted octanol–water partition coefficient (Wildman–Crippen LogP) is 5.85. The van der Waals surface area contributed by atoms with Crippen molar-refractivity contribution in [2.75, 3.05) is 20.8 Å². The minimum Gasteiger partial charge on any atom is -0.493 e. The summed E-state index contributed by atoms with van der Waals surface area (Å²) < 4.78 is 29.8. The molecule has 0 aliphatic heterocycles. The highest BCUT2D eigenvalue weighted by atomic mass is 19.1. The third-order valence-corrected chi connectivity index (χ3v) is 5.20. The van der Waals surface area contributed by atoms with E-state index < -0.39 is 6.09 Å². The zero-order valence-corrected chi connectivity index (χ0v) is 18.6. The Hall–Kier alpha value is -3.54. The van der Waals surface area contributed by atoms with Crippen LogP contribution in [0, 0.1) is 12.7 Å². The highest BCUT2D eigenvalue weighted by Crippen LogP contribution is 2.43. The molecule has 5 nitrogen and oxygen atoms in total. The maximum atomic E-state index is 13.1. The molecule has 167 valence electrons. The van der Waals surface area contributed by atoms with Crippen LogP contribution in [0.5, 0.6) is 11.5 Å². The Labute approximate surface area is 188 Å². The van der Waals surface area contributed by atoms with Crippen molar-refractivity contribution in [2.45, 2.75) is 20.1 Å². The van der Waals surface area contributed by atoms with Gasteiger partial charge in [-0.25, -0.2) is 9.18 Å². The summed E-state index contributed by atoms with van der Waals surface area (Å²) in [5, 5.41) is 0. The summed E-state index contributed by atoms with van der Waals surface area (Å²) in [5.74, 6) is 0.819. The first-order chi connectivity index (χ1) is 15.5. The maximum Gasteiger partial charge on any atom is 0.410 e. The number of carbonyl (C=O) groups excluding carboxylic acids is 1. The SMILES string of the molecule is [CH2]c1cc(OC)c(OC)c(-c2ccccc2)c1CN(CC)C(=O)OCc1ccc(F)cc1. The number of hydrogen-bond donors (Lipinski definition) is 0. The lowest BCUT2D eigenvalue weighted by Gasteiger charge is -2.25. The van der Waals surface area contributed by atoms with Crippen molar-refractivity contribution >= 4 is 6.09 Å². The average molecular weight is 437 g/mol. The van der Waals surface area contributed by atoms with Gasteiger partial charge in [-0.3, -0.25) is 0 Å². The molecule has 0 unspecified atom stereocenters. The van der Waals surface area contributed by atoms with E-state index in [1.165, 1.54) is 12.1 Å². The van der Waals surface area contributed by atoms with E-state index in [4.69, 9.17) is 14.2 Å². The lowest BCUT2D eigenvalue weighted by atomic mass is 9.93. The van der Waals surface area contributed by atoms with Gasteiger partial charge in [0.05, 0.1) is 14.2 Å². The Kier molecular flexibility index (Phi) is 7.71. The molecule has 0 bridgehead atoms. The molecule has 0 fully saturated rings. The van der Waals surface area contributed by atoms with Crippen LogP contribution in [0.4, 0.5) is 9.18 Å². The topological polar surface area (TPSA) is 48.0 Å². The zero-order chi connectivity index (χ0) is 23.1. The predicted molar refractivity (Wildman–Crippen MR) is 122 cm³/mol. The molecule has 0 aliphatic rings. The van der Waals surface area contributed by atoms with Gasteiger partial charge in [-0.05, 0) is 54.3 Å². The number of ether oxygens (including phenoxy) is 3. The van der Waals surface area contributed by atoms with Crippen molar-refractivity contribution in [3.05, 3.63) is 90.1 Å². The molecule has 3 rings (SSSR count). The maximum absolute atomic E-state index is 13.1. The van der Waals surface area contributed by atoms with Crippen LogP contribution in [-0.2, 0) is 17.9 Å². The summed E-state index contributed by atoms with van der Waals surface area (Å²) in [5.41, 5.74) is 4.03. The number of nitrogens with zero attached hydrogens (tertiary/aromatic N) is 1. The van der Waals surface area contributed by atoms with Gasteiger partial charge in [-0.15, -0.1) is 0 Å². The smallest absolute Gasteiger partial charge is 0.410 e. The molecule has 0 saturated carbocycles. The van der Waals surface area contributed by atoms with Crippen molar-refractivity contribution in [3.8, 4) is 22.6 Å². The molecule has 3 aromatic carbocycles. The fraction of sp³-hybridized carbons (Fsp3) is 0.231. The van der Waals surface area contributed by atoms with Crippen LogP contribution in [0.1, 0.15) is 23.6 Å². The normalized spacial score (nSPS) is 10.5. The summed E-state index contributed by atoms with van der Waals surface area (Å²) in [7, 11) is 3.17. The van der Waals surface area contributed by atoms with Gasteiger partial charge in [0.15, 0.2) is 11.5 Å². The molecule has 0 heterocycles. The molecule has 3 aromatic rings. The van der Waals surface area contributed by atoms with Gasteiger partial charge in [0, 0.05) is 18.7 Å². The van der Waals surface area contributed by atoms with Crippen LogP contribution in [0.2, 0.25) is 0 Å². The van der Waals surface area contributed by atoms with E-state index in [2.05, 4.69) is 6.92 Å². The third kappa shape index (κ3) is 5.19. The van der Waals surface area contributed by atoms with E-state index >= 15 is 0 Å². The van der Waals surface area contributed by atoms with E-state index in [9.17, 15) is 9.18 Å². The van der Waals surface area contributed by atoms with Crippen LogP contribution in [0.25, 0.3) is 11.1 Å². The van der Waals surface area contributed by atoms with Crippen molar-refractivity contribution in [1.29, 1.82) is 0 Å². The molecule has 6 heteroatoms. The molecule has 0 spiro atoms. The van der Waals surface area contributed by atoms with Gasteiger partial charge in [0.1, 0.15) is 12.4 Å². The summed E-state index contributed by atoms with van der Waals surface area (Å²) in [6.45, 7) is 6.84. The molecular weight excluding hydrogens is 409 g/mol. The first-order valence-corrected chi connectivity index (χ1v) is 10.3. The molecule has 0 aromatic heterocycles. The fourth-order valence-electron chi connectivity index (χ4n) is 3.49. The second-order valence-electron chi connectivity index (χ2n) is 7.19. The number of carbonyl (C=O) groups is 1. The Balaban J connectivity index is 1.91. The number of hydrogen-bond acceptors (Lipinski definition) is 4. The summed E-state index contributed by atoms with van der Waals surface area (Å²) >= 11 is 0. The van der Waals surface area contributed by atoms with Gasteiger partial charge in [0.25, 0.3) is 0 Å². The second kappa shape index (κ2) is 10.7. The van der Waals surface area contributed by atoms with Crippen molar-refractivity contribution in [3.63, 3.8) is 0 Å². The Bertz CT molecular complexity index is 1050. The third-order valence-electron chi connectivity index (χ3n) is 5.20. The molecule has 0 N–H and O–H groups in total. The first-order valence-electron chi connectivity index (χ1n) is 10.3. The summed E-state index contributed by atoms with van der Waals surface area (Å²) in [6, 6.07) is 17.4. The van der Waals surface area contributed by atoms with Gasteiger partial charge >= 0.3 is 6.09 Å². The lowest BCUT2D eigenvalue weighted by molar-refractivity contribution is 0.0956. The van der Waals surface area contributed by atoms with Gasteiger partial charge in [0.2, 0.25) is 0 Å². The van der Waals surface area contributed by atoms with Crippen molar-refractivity contribution < 1.29 is 23.4 Å². The first kappa shape index (κ1) is 23.1. The van der Waals surface area contributed by atoms with Gasteiger partial charge in [-0.2, -0.15) is 0 Å². The molecule has 1 radical (unpaired) electrons. The van der Waals surface area contributed by atoms with Crippen LogP contribution in [-0.4, -0.2) is 31.8 Å². The second-order valence-corrected chi connectivity index (χ2v) is 7.19. The van der Waals surface area contributed by atoms with Crippen LogP contribution >= 0.6 is 0 Å². The molecule has 0 atom stereocenters. The van der Waals surface area contributed by atoms with E-state index in [-0.39, 0.29) is 19.0 Å². The van der Waals surface area contributed by atoms with Gasteiger partial charge in [-0.1, -0.05) is 42.5 Å². The number of rotatable bonds is 8. The number of halogens is 1. The van der Waals surface area contributed by atoms with Crippen molar-refractivity contribution in [1.82, 2.24) is 4.90 Å². The highest BCUT2D eigenvalue weighted by Gasteiger charge is 2.23. The van der Waals surface area contributed by atoms with Gasteiger partial charge < -0.3 is 19.1 Å². The molecule has 32 heavy (non-hydrogen) atoms. The van der Waals surface area contributed by atoms with Crippen molar-refractivity contribution in [2.24, 2.45) is 0 Å². The summed E-state index contributed by atoms with van der Waals surface area (Å²) in [4.78, 5) is 14.4. The molecular formula is C26H27FNO4. The quantitative estimate of drug-likeness (QED) is 0.444. The molecule has 1 amide bonds. The lowest BCUT2D eigenvalue weighted by Crippen LogP contribution is -2.31. The van der Waals surface area contributed by atoms with E-state index in [0.29, 0.717) is 23.6 Å². The average Bonchev–Trinajstić information content (AvgIpc) is 2.82. The molecule has 0 aliphatic carbocycles. The largest absolute Gasteiger partial charge is 0.493 e. The van der Waals surface area contributed by atoms with E-state index in [0.717, 1.165) is 22.3 Å². The minimum absolute atomic E-state index is 0.0598. The zero-order valence-electron chi connectivity index (χ0n) is 18.6.